The second-order valence-corrected chi connectivity index (χ2v) is 20.1. The molecule has 402 valence electrons. The van der Waals surface area contributed by atoms with Gasteiger partial charge in [-0.1, -0.05) is 199 Å². The predicted molar refractivity (Wildman–Crippen MR) is 268 cm³/mol. The van der Waals surface area contributed by atoms with Gasteiger partial charge in [0.15, 0.2) is 12.6 Å². The van der Waals surface area contributed by atoms with Crippen LogP contribution in [0.2, 0.25) is 0 Å². The van der Waals surface area contributed by atoms with Gasteiger partial charge in [0.25, 0.3) is 0 Å². The molecule has 14 nitrogen and oxygen atoms in total. The number of carbonyl (C=O) groups excluding carboxylic acids is 1. The lowest BCUT2D eigenvalue weighted by atomic mass is 9.97. The Kier molecular flexibility index (Phi) is 38.1. The van der Waals surface area contributed by atoms with Crippen LogP contribution in [-0.4, -0.2) is 140 Å². The summed E-state index contributed by atoms with van der Waals surface area (Å²) in [5.74, 6) is -0.208. The van der Waals surface area contributed by atoms with Crippen molar-refractivity contribution < 1.29 is 64.6 Å². The first-order chi connectivity index (χ1) is 33.1. The highest BCUT2D eigenvalue weighted by atomic mass is 16.7. The van der Waals surface area contributed by atoms with Crippen molar-refractivity contribution in [2.24, 2.45) is 0 Å². The van der Waals surface area contributed by atoms with E-state index in [1.165, 1.54) is 154 Å². The summed E-state index contributed by atoms with van der Waals surface area (Å²) in [5.41, 5.74) is 0. The number of aliphatic hydroxyl groups is 8. The molecule has 2 fully saturated rings. The molecule has 0 aliphatic carbocycles. The molecule has 14 heteroatoms. The van der Waals surface area contributed by atoms with Gasteiger partial charge in [0.2, 0.25) is 5.91 Å². The van der Waals surface area contributed by atoms with Crippen LogP contribution < -0.4 is 5.32 Å². The number of aliphatic hydroxyl groups excluding tert-OH is 8. The first-order valence-electron chi connectivity index (χ1n) is 27.9. The minimum atomic E-state index is -1.78. The minimum absolute atomic E-state index is 0.208. The van der Waals surface area contributed by atoms with Crippen molar-refractivity contribution >= 4 is 5.91 Å². The highest BCUT2D eigenvalue weighted by molar-refractivity contribution is 5.76. The van der Waals surface area contributed by atoms with Gasteiger partial charge in [0.05, 0.1) is 32.0 Å². The standard InChI is InChI=1S/C54H103NO13/c1-3-5-7-9-11-12-13-14-15-16-17-18-19-20-21-22-23-24-25-26-27-28-29-30-32-34-36-38-46(59)55-42(43(58)37-35-33-31-10-8-6-4-2)41-65-53-51(64)49(62)52(45(40-57)67-53)68-54-50(63)48(61)47(60)44(39-56)66-54/h16-17,42-45,47-54,56-58,60-64H,3-15,18-41H2,1-2H3,(H,55,59)/b17-16-. The quantitative estimate of drug-likeness (QED) is 0.0207. The number of nitrogens with one attached hydrogen (secondary N) is 1. The smallest absolute Gasteiger partial charge is 0.220 e. The molecular weight excluding hydrogens is 871 g/mol. The Hall–Kier alpha value is -1.27. The lowest BCUT2D eigenvalue weighted by molar-refractivity contribution is -0.359. The molecule has 12 unspecified atom stereocenters. The number of ether oxygens (including phenoxy) is 4. The van der Waals surface area contributed by atoms with Gasteiger partial charge in [-0.25, -0.2) is 0 Å². The summed E-state index contributed by atoms with van der Waals surface area (Å²) in [6.45, 7) is 2.81. The van der Waals surface area contributed by atoms with Crippen LogP contribution in [0.15, 0.2) is 12.2 Å². The van der Waals surface area contributed by atoms with Gasteiger partial charge in [-0.2, -0.15) is 0 Å². The molecule has 0 radical (unpaired) electrons. The fourth-order valence-electron chi connectivity index (χ4n) is 9.41. The molecule has 2 aliphatic heterocycles. The summed E-state index contributed by atoms with van der Waals surface area (Å²) in [5, 5.41) is 86.7. The lowest BCUT2D eigenvalue weighted by Gasteiger charge is -2.46. The topological polar surface area (TPSA) is 228 Å². The van der Waals surface area contributed by atoms with E-state index >= 15 is 0 Å². The second-order valence-electron chi connectivity index (χ2n) is 20.1. The third-order valence-corrected chi connectivity index (χ3v) is 14.0. The SMILES string of the molecule is CCCCCCCCCC/C=C\CCCCCCCCCCCCCCCCCC(=O)NC(COC1OC(CO)C(OC2OC(CO)C(O)C(O)C2O)C(O)C1O)C(O)CCCCCCCCC. The van der Waals surface area contributed by atoms with Crippen LogP contribution in [-0.2, 0) is 23.7 Å². The summed E-state index contributed by atoms with van der Waals surface area (Å²) < 4.78 is 22.7. The van der Waals surface area contributed by atoms with Crippen LogP contribution in [0, 0.1) is 0 Å². The molecule has 0 aromatic heterocycles. The minimum Gasteiger partial charge on any atom is -0.394 e. The first kappa shape index (κ1) is 62.8. The summed E-state index contributed by atoms with van der Waals surface area (Å²) in [6.07, 6.45) is 28.4. The predicted octanol–water partition coefficient (Wildman–Crippen LogP) is 8.33. The number of hydrogen-bond donors (Lipinski definition) is 9. The summed E-state index contributed by atoms with van der Waals surface area (Å²) in [4.78, 5) is 13.2. The van der Waals surface area contributed by atoms with Crippen molar-refractivity contribution in [3.05, 3.63) is 12.2 Å². The van der Waals surface area contributed by atoms with Gasteiger partial charge < -0.3 is 65.1 Å². The van der Waals surface area contributed by atoms with E-state index < -0.39 is 86.8 Å². The zero-order valence-corrected chi connectivity index (χ0v) is 42.9. The third kappa shape index (κ3) is 27.5. The van der Waals surface area contributed by atoms with Crippen LogP contribution in [0.25, 0.3) is 0 Å². The number of unbranched alkanes of at least 4 members (excludes halogenated alkanes) is 29. The third-order valence-electron chi connectivity index (χ3n) is 14.0. The van der Waals surface area contributed by atoms with Crippen molar-refractivity contribution in [2.45, 2.75) is 306 Å². The Labute approximate surface area is 412 Å². The Morgan fingerprint density at radius 3 is 1.40 bits per heavy atom. The Bertz CT molecular complexity index is 1200. The molecule has 0 saturated carbocycles. The van der Waals surface area contributed by atoms with Crippen LogP contribution in [0.3, 0.4) is 0 Å². The maximum Gasteiger partial charge on any atom is 0.220 e. The molecule has 68 heavy (non-hydrogen) atoms. The second kappa shape index (κ2) is 41.2. The van der Waals surface area contributed by atoms with E-state index in [2.05, 4.69) is 31.3 Å². The number of amides is 1. The van der Waals surface area contributed by atoms with Crippen molar-refractivity contribution in [3.8, 4) is 0 Å². The van der Waals surface area contributed by atoms with Crippen molar-refractivity contribution in [1.29, 1.82) is 0 Å². The zero-order valence-electron chi connectivity index (χ0n) is 42.9. The van der Waals surface area contributed by atoms with Gasteiger partial charge in [0.1, 0.15) is 48.8 Å². The average Bonchev–Trinajstić information content (AvgIpc) is 3.34. The molecule has 0 spiro atoms. The van der Waals surface area contributed by atoms with Crippen LogP contribution in [0.5, 0.6) is 0 Å². The molecule has 0 bridgehead atoms. The van der Waals surface area contributed by atoms with Gasteiger partial charge in [-0.05, 0) is 38.5 Å². The van der Waals surface area contributed by atoms with E-state index in [9.17, 15) is 45.6 Å². The Balaban J connectivity index is 1.63. The van der Waals surface area contributed by atoms with Crippen LogP contribution in [0.4, 0.5) is 0 Å². The molecule has 0 aromatic rings. The van der Waals surface area contributed by atoms with Crippen LogP contribution in [0.1, 0.15) is 232 Å². The van der Waals surface area contributed by atoms with E-state index in [4.69, 9.17) is 18.9 Å². The van der Waals surface area contributed by atoms with Gasteiger partial charge in [-0.15, -0.1) is 0 Å². The lowest BCUT2D eigenvalue weighted by Crippen LogP contribution is -2.65. The van der Waals surface area contributed by atoms with Crippen molar-refractivity contribution in [1.82, 2.24) is 5.32 Å². The maximum absolute atomic E-state index is 13.2. The van der Waals surface area contributed by atoms with Crippen molar-refractivity contribution in [3.63, 3.8) is 0 Å². The first-order valence-corrected chi connectivity index (χ1v) is 27.9. The van der Waals surface area contributed by atoms with E-state index in [1.54, 1.807) is 0 Å². The summed E-state index contributed by atoms with van der Waals surface area (Å²) in [7, 11) is 0. The van der Waals surface area contributed by atoms with Crippen molar-refractivity contribution in [2.75, 3.05) is 19.8 Å². The Morgan fingerprint density at radius 2 is 0.926 bits per heavy atom. The number of rotatable bonds is 44. The molecular formula is C54H103NO13. The molecule has 0 aromatic carbocycles. The average molecular weight is 974 g/mol. The molecule has 1 amide bonds. The zero-order chi connectivity index (χ0) is 49.6. The van der Waals surface area contributed by atoms with E-state index in [0.717, 1.165) is 51.4 Å². The maximum atomic E-state index is 13.2. The summed E-state index contributed by atoms with van der Waals surface area (Å²) >= 11 is 0. The normalized spacial score (nSPS) is 26.4. The Morgan fingerprint density at radius 1 is 0.515 bits per heavy atom. The highest BCUT2D eigenvalue weighted by Crippen LogP contribution is 2.30. The van der Waals surface area contributed by atoms with E-state index in [1.807, 2.05) is 0 Å². The highest BCUT2D eigenvalue weighted by Gasteiger charge is 2.51. The number of hydrogen-bond acceptors (Lipinski definition) is 13. The van der Waals surface area contributed by atoms with Gasteiger partial charge in [0, 0.05) is 6.42 Å². The largest absolute Gasteiger partial charge is 0.394 e. The molecule has 9 N–H and O–H groups in total. The van der Waals surface area contributed by atoms with Gasteiger partial charge in [-0.3, -0.25) is 4.79 Å². The van der Waals surface area contributed by atoms with E-state index in [0.29, 0.717) is 12.8 Å². The van der Waals surface area contributed by atoms with E-state index in [-0.39, 0.29) is 12.5 Å². The molecule has 2 saturated heterocycles. The molecule has 12 atom stereocenters. The monoisotopic (exact) mass is 974 g/mol. The molecule has 2 rings (SSSR count). The fourth-order valence-corrected chi connectivity index (χ4v) is 9.41. The van der Waals surface area contributed by atoms with Crippen LogP contribution >= 0.6 is 0 Å². The van der Waals surface area contributed by atoms with Gasteiger partial charge >= 0.3 is 0 Å². The fraction of sp³-hybridized carbons (Fsp3) is 0.944. The number of allylic oxidation sites excluding steroid dienone is 2. The summed E-state index contributed by atoms with van der Waals surface area (Å²) in [6, 6.07) is -0.821. The number of carbonyl (C=O) groups is 1. The molecule has 2 aliphatic rings. The molecule has 2 heterocycles.